The number of rotatable bonds is 4. The zero-order valence-corrected chi connectivity index (χ0v) is 15.9. The number of aromatic nitrogens is 4. The Morgan fingerprint density at radius 3 is 2.68 bits per heavy atom. The van der Waals surface area contributed by atoms with Crippen molar-refractivity contribution in [3.05, 3.63) is 18.1 Å². The predicted octanol–water partition coefficient (Wildman–Crippen LogP) is 1.75. The fourth-order valence-electron chi connectivity index (χ4n) is 3.29. The lowest BCUT2D eigenvalue weighted by atomic mass is 9.95. The van der Waals surface area contributed by atoms with Gasteiger partial charge in [0.05, 0.1) is 12.2 Å². The second kappa shape index (κ2) is 6.71. The average molecular weight is 344 g/mol. The zero-order chi connectivity index (χ0) is 18.2. The van der Waals surface area contributed by atoms with Crippen molar-refractivity contribution in [2.24, 2.45) is 5.41 Å². The van der Waals surface area contributed by atoms with Crippen LogP contribution in [-0.4, -0.2) is 69.2 Å². The molecule has 3 heterocycles. The molecular formula is C18H28N6O. The highest BCUT2D eigenvalue weighted by Crippen LogP contribution is 2.32. The molecule has 2 aromatic heterocycles. The van der Waals surface area contributed by atoms with Crippen molar-refractivity contribution in [3.8, 4) is 0 Å². The molecule has 0 saturated carbocycles. The van der Waals surface area contributed by atoms with E-state index in [1.54, 1.807) is 12.4 Å². The lowest BCUT2D eigenvalue weighted by molar-refractivity contribution is -0.138. The lowest BCUT2D eigenvalue weighted by Crippen LogP contribution is -2.37. The van der Waals surface area contributed by atoms with E-state index in [1.165, 1.54) is 0 Å². The van der Waals surface area contributed by atoms with Gasteiger partial charge in [0.1, 0.15) is 5.52 Å². The molecule has 0 radical (unpaired) electrons. The van der Waals surface area contributed by atoms with Crippen LogP contribution in [0.1, 0.15) is 38.8 Å². The molecule has 7 heteroatoms. The molecule has 0 bridgehead atoms. The Bertz CT molecular complexity index is 761. The number of hydrogen-bond donors (Lipinski definition) is 0. The SMILES string of the molecule is CN(C)CCn1nc([C@@H]2CCN(C(=O)C(C)(C)C)C2)c2nccnc21. The molecule has 136 valence electrons. The first-order valence-electron chi connectivity index (χ1n) is 8.89. The molecule has 1 amide bonds. The first-order chi connectivity index (χ1) is 11.8. The van der Waals surface area contributed by atoms with Gasteiger partial charge >= 0.3 is 0 Å². The summed E-state index contributed by atoms with van der Waals surface area (Å²) >= 11 is 0. The summed E-state index contributed by atoms with van der Waals surface area (Å²) in [5, 5.41) is 4.83. The van der Waals surface area contributed by atoms with E-state index in [-0.39, 0.29) is 17.2 Å². The number of likely N-dealkylation sites (tertiary alicyclic amines) is 1. The molecule has 1 saturated heterocycles. The van der Waals surface area contributed by atoms with E-state index in [9.17, 15) is 4.79 Å². The normalized spacial score (nSPS) is 18.5. The number of carbonyl (C=O) groups excluding carboxylic acids is 1. The molecule has 0 aromatic carbocycles. The molecule has 7 nitrogen and oxygen atoms in total. The van der Waals surface area contributed by atoms with Crippen LogP contribution in [0.4, 0.5) is 0 Å². The Morgan fingerprint density at radius 1 is 1.28 bits per heavy atom. The molecule has 0 spiro atoms. The summed E-state index contributed by atoms with van der Waals surface area (Å²) in [6.07, 6.45) is 4.36. The van der Waals surface area contributed by atoms with Gasteiger partial charge in [0.2, 0.25) is 5.91 Å². The van der Waals surface area contributed by atoms with E-state index >= 15 is 0 Å². The molecule has 0 unspecified atom stereocenters. The van der Waals surface area contributed by atoms with E-state index in [2.05, 4.69) is 14.9 Å². The van der Waals surface area contributed by atoms with Gasteiger partial charge in [-0.3, -0.25) is 4.79 Å². The van der Waals surface area contributed by atoms with Crippen LogP contribution in [0.25, 0.3) is 11.2 Å². The van der Waals surface area contributed by atoms with Crippen molar-refractivity contribution in [1.82, 2.24) is 29.5 Å². The summed E-state index contributed by atoms with van der Waals surface area (Å²) in [4.78, 5) is 25.7. The lowest BCUT2D eigenvalue weighted by Gasteiger charge is -2.25. The van der Waals surface area contributed by atoms with E-state index in [1.807, 2.05) is 44.4 Å². The molecule has 1 aliphatic rings. The first-order valence-corrected chi connectivity index (χ1v) is 8.89. The standard InChI is InChI=1S/C18H28N6O/c1-18(2,3)17(25)23-9-6-13(12-23)14-15-16(20-8-7-19-15)24(21-14)11-10-22(4)5/h7-8,13H,6,9-12H2,1-5H3/t13-/m1/s1. The third-order valence-electron chi connectivity index (χ3n) is 4.66. The van der Waals surface area contributed by atoms with Gasteiger partial charge in [-0.1, -0.05) is 20.8 Å². The Labute approximate surface area is 149 Å². The van der Waals surface area contributed by atoms with Crippen LogP contribution in [0, 0.1) is 5.41 Å². The van der Waals surface area contributed by atoms with Gasteiger partial charge in [-0.25, -0.2) is 14.6 Å². The van der Waals surface area contributed by atoms with Crippen LogP contribution in [0.2, 0.25) is 0 Å². The van der Waals surface area contributed by atoms with Gasteiger partial charge in [0.15, 0.2) is 5.65 Å². The van der Waals surface area contributed by atoms with Crippen LogP contribution < -0.4 is 0 Å². The summed E-state index contributed by atoms with van der Waals surface area (Å²) in [6, 6.07) is 0. The van der Waals surface area contributed by atoms with E-state index < -0.39 is 0 Å². The first kappa shape index (κ1) is 17.8. The van der Waals surface area contributed by atoms with Crippen LogP contribution >= 0.6 is 0 Å². The topological polar surface area (TPSA) is 67.2 Å². The van der Waals surface area contributed by atoms with E-state index in [0.29, 0.717) is 6.54 Å². The van der Waals surface area contributed by atoms with Gasteiger partial charge < -0.3 is 9.80 Å². The number of likely N-dealkylation sites (N-methyl/N-ethyl adjacent to an activating group) is 1. The van der Waals surface area contributed by atoms with Gasteiger partial charge in [-0.15, -0.1) is 0 Å². The Kier molecular flexibility index (Phi) is 4.77. The largest absolute Gasteiger partial charge is 0.342 e. The second-order valence-electron chi connectivity index (χ2n) is 8.13. The Hall–Kier alpha value is -2.02. The highest BCUT2D eigenvalue weighted by atomic mass is 16.2. The summed E-state index contributed by atoms with van der Waals surface area (Å²) in [6.45, 7) is 9.09. The number of hydrogen-bond acceptors (Lipinski definition) is 5. The van der Waals surface area contributed by atoms with E-state index in [0.717, 1.165) is 42.9 Å². The minimum Gasteiger partial charge on any atom is -0.342 e. The molecule has 1 fully saturated rings. The molecule has 0 aliphatic carbocycles. The van der Waals surface area contributed by atoms with Crippen LogP contribution in [0.15, 0.2) is 12.4 Å². The number of carbonyl (C=O) groups is 1. The summed E-state index contributed by atoms with van der Waals surface area (Å²) in [5.41, 5.74) is 2.34. The Morgan fingerprint density at radius 2 is 2.00 bits per heavy atom. The fourth-order valence-corrected chi connectivity index (χ4v) is 3.29. The average Bonchev–Trinajstić information content (AvgIpc) is 3.16. The molecule has 2 aromatic rings. The maximum absolute atomic E-state index is 12.6. The second-order valence-corrected chi connectivity index (χ2v) is 8.13. The summed E-state index contributed by atoms with van der Waals surface area (Å²) in [5.74, 6) is 0.434. The van der Waals surface area contributed by atoms with Crippen molar-refractivity contribution in [3.63, 3.8) is 0 Å². The predicted molar refractivity (Wildman–Crippen MR) is 97.3 cm³/mol. The third-order valence-corrected chi connectivity index (χ3v) is 4.66. The van der Waals surface area contributed by atoms with Crippen molar-refractivity contribution in [2.75, 3.05) is 33.7 Å². The summed E-state index contributed by atoms with van der Waals surface area (Å²) < 4.78 is 1.95. The smallest absolute Gasteiger partial charge is 0.227 e. The van der Waals surface area contributed by atoms with E-state index in [4.69, 9.17) is 5.10 Å². The van der Waals surface area contributed by atoms with Crippen molar-refractivity contribution in [1.29, 1.82) is 0 Å². The molecule has 25 heavy (non-hydrogen) atoms. The monoisotopic (exact) mass is 344 g/mol. The molecule has 0 N–H and O–H groups in total. The minimum atomic E-state index is -0.345. The highest BCUT2D eigenvalue weighted by molar-refractivity contribution is 5.82. The molecule has 1 aliphatic heterocycles. The number of amides is 1. The molecule has 1 atom stereocenters. The highest BCUT2D eigenvalue weighted by Gasteiger charge is 2.35. The van der Waals surface area contributed by atoms with Crippen LogP contribution in [0.3, 0.4) is 0 Å². The fraction of sp³-hybridized carbons (Fsp3) is 0.667. The molecule has 3 rings (SSSR count). The van der Waals surface area contributed by atoms with Gasteiger partial charge in [-0.2, -0.15) is 5.10 Å². The Balaban J connectivity index is 1.86. The maximum atomic E-state index is 12.6. The van der Waals surface area contributed by atoms with Crippen LogP contribution in [0.5, 0.6) is 0 Å². The van der Waals surface area contributed by atoms with Crippen molar-refractivity contribution >= 4 is 17.1 Å². The quantitative estimate of drug-likeness (QED) is 0.845. The maximum Gasteiger partial charge on any atom is 0.227 e. The van der Waals surface area contributed by atoms with Gasteiger partial charge in [-0.05, 0) is 20.5 Å². The number of nitrogens with zero attached hydrogens (tertiary/aromatic N) is 6. The minimum absolute atomic E-state index is 0.206. The van der Waals surface area contributed by atoms with Crippen LogP contribution in [-0.2, 0) is 11.3 Å². The molecular weight excluding hydrogens is 316 g/mol. The number of fused-ring (bicyclic) bond motifs is 1. The van der Waals surface area contributed by atoms with Gasteiger partial charge in [0.25, 0.3) is 0 Å². The zero-order valence-electron chi connectivity index (χ0n) is 15.9. The third kappa shape index (κ3) is 3.66. The van der Waals surface area contributed by atoms with Crippen molar-refractivity contribution < 1.29 is 4.79 Å². The van der Waals surface area contributed by atoms with Crippen molar-refractivity contribution in [2.45, 2.75) is 39.7 Å². The van der Waals surface area contributed by atoms with Gasteiger partial charge in [0, 0.05) is 43.4 Å². The summed E-state index contributed by atoms with van der Waals surface area (Å²) in [7, 11) is 4.09.